The fourth-order valence-corrected chi connectivity index (χ4v) is 4.10. The molecule has 0 saturated carbocycles. The lowest BCUT2D eigenvalue weighted by molar-refractivity contribution is 0.0622. The number of pyridine rings is 1. The third kappa shape index (κ3) is 4.58. The standard InChI is InChI=1S/C24H25N5O4/c30-22-7-6-20(18-3-2-8-25-17-18)26-29(22)14-11-27-9-12-28(13-10-27)24(31)19-4-1-5-21-23(19)33-16-15-32-21/h1-8,17H,9-16H2. The van der Waals surface area contributed by atoms with E-state index in [4.69, 9.17) is 9.47 Å². The lowest BCUT2D eigenvalue weighted by Gasteiger charge is -2.35. The van der Waals surface area contributed by atoms with Gasteiger partial charge >= 0.3 is 0 Å². The topological polar surface area (TPSA) is 89.8 Å². The van der Waals surface area contributed by atoms with Gasteiger partial charge in [-0.2, -0.15) is 5.10 Å². The van der Waals surface area contributed by atoms with Gasteiger partial charge in [0.2, 0.25) is 0 Å². The number of rotatable bonds is 5. The molecule has 5 rings (SSSR count). The fraction of sp³-hybridized carbons (Fsp3) is 0.333. The van der Waals surface area contributed by atoms with Gasteiger partial charge in [-0.3, -0.25) is 19.5 Å². The summed E-state index contributed by atoms with van der Waals surface area (Å²) in [6.07, 6.45) is 3.44. The summed E-state index contributed by atoms with van der Waals surface area (Å²) in [4.78, 5) is 33.6. The third-order valence-electron chi connectivity index (χ3n) is 5.91. The summed E-state index contributed by atoms with van der Waals surface area (Å²) >= 11 is 0. The van der Waals surface area contributed by atoms with E-state index < -0.39 is 0 Å². The minimum Gasteiger partial charge on any atom is -0.486 e. The van der Waals surface area contributed by atoms with Gasteiger partial charge in [-0.15, -0.1) is 0 Å². The van der Waals surface area contributed by atoms with Crippen LogP contribution in [-0.4, -0.2) is 76.4 Å². The van der Waals surface area contributed by atoms with Crippen LogP contribution < -0.4 is 15.0 Å². The summed E-state index contributed by atoms with van der Waals surface area (Å²) in [5.41, 5.74) is 2.00. The molecule has 1 aromatic carbocycles. The van der Waals surface area contributed by atoms with E-state index in [-0.39, 0.29) is 11.5 Å². The Hall–Kier alpha value is -3.72. The first-order valence-electron chi connectivity index (χ1n) is 11.1. The highest BCUT2D eigenvalue weighted by Crippen LogP contribution is 2.34. The average molecular weight is 447 g/mol. The van der Waals surface area contributed by atoms with Crippen LogP contribution in [0.15, 0.2) is 59.7 Å². The van der Waals surface area contributed by atoms with Gasteiger partial charge in [0, 0.05) is 56.7 Å². The molecule has 0 unspecified atom stereocenters. The van der Waals surface area contributed by atoms with Crippen molar-refractivity contribution in [1.29, 1.82) is 0 Å². The van der Waals surface area contributed by atoms with Gasteiger partial charge in [0.15, 0.2) is 11.5 Å². The molecule has 0 aliphatic carbocycles. The first kappa shape index (κ1) is 21.1. The van der Waals surface area contributed by atoms with Gasteiger partial charge in [0.05, 0.1) is 17.8 Å². The first-order chi connectivity index (χ1) is 16.2. The van der Waals surface area contributed by atoms with Crippen molar-refractivity contribution >= 4 is 5.91 Å². The zero-order valence-electron chi connectivity index (χ0n) is 18.2. The van der Waals surface area contributed by atoms with E-state index in [1.54, 1.807) is 24.5 Å². The molecule has 0 N–H and O–H groups in total. The molecule has 9 heteroatoms. The quantitative estimate of drug-likeness (QED) is 0.586. The van der Waals surface area contributed by atoms with Crippen LogP contribution in [-0.2, 0) is 6.54 Å². The molecule has 170 valence electrons. The number of aromatic nitrogens is 3. The maximum atomic E-state index is 13.1. The number of benzene rings is 1. The Morgan fingerprint density at radius 3 is 2.61 bits per heavy atom. The number of amides is 1. The molecule has 33 heavy (non-hydrogen) atoms. The number of carbonyl (C=O) groups is 1. The molecule has 2 aromatic heterocycles. The maximum absolute atomic E-state index is 13.1. The second kappa shape index (κ2) is 9.41. The lowest BCUT2D eigenvalue weighted by Crippen LogP contribution is -2.49. The van der Waals surface area contributed by atoms with E-state index in [1.165, 1.54) is 10.7 Å². The number of fused-ring (bicyclic) bond motifs is 1. The molecule has 1 saturated heterocycles. The van der Waals surface area contributed by atoms with Gasteiger partial charge in [-0.1, -0.05) is 6.07 Å². The minimum absolute atomic E-state index is 0.0425. The Kier molecular flexibility index (Phi) is 6.03. The second-order valence-corrected chi connectivity index (χ2v) is 7.99. The van der Waals surface area contributed by atoms with Crippen molar-refractivity contribution in [2.24, 2.45) is 0 Å². The van der Waals surface area contributed by atoms with Gasteiger partial charge in [0.1, 0.15) is 13.2 Å². The van der Waals surface area contributed by atoms with E-state index in [1.807, 2.05) is 29.2 Å². The van der Waals surface area contributed by atoms with Crippen molar-refractivity contribution < 1.29 is 14.3 Å². The number of nitrogens with zero attached hydrogens (tertiary/aromatic N) is 5. The summed E-state index contributed by atoms with van der Waals surface area (Å²) in [6, 6.07) is 12.5. The van der Waals surface area contributed by atoms with Crippen molar-refractivity contribution in [2.75, 3.05) is 45.9 Å². The second-order valence-electron chi connectivity index (χ2n) is 7.99. The van der Waals surface area contributed by atoms with E-state index in [0.29, 0.717) is 56.5 Å². The first-order valence-corrected chi connectivity index (χ1v) is 11.1. The average Bonchev–Trinajstić information content (AvgIpc) is 2.88. The van der Waals surface area contributed by atoms with Crippen molar-refractivity contribution in [3.8, 4) is 22.8 Å². The molecular formula is C24H25N5O4. The molecule has 4 heterocycles. The van der Waals surface area contributed by atoms with Crippen molar-refractivity contribution in [2.45, 2.75) is 6.54 Å². The molecule has 0 atom stereocenters. The highest BCUT2D eigenvalue weighted by molar-refractivity contribution is 5.98. The summed E-state index contributed by atoms with van der Waals surface area (Å²) < 4.78 is 12.8. The number of ether oxygens (including phenoxy) is 2. The zero-order valence-corrected chi connectivity index (χ0v) is 18.2. The van der Waals surface area contributed by atoms with Gasteiger partial charge in [0.25, 0.3) is 11.5 Å². The van der Waals surface area contributed by atoms with Gasteiger partial charge in [-0.05, 0) is 30.3 Å². The molecule has 0 radical (unpaired) electrons. The smallest absolute Gasteiger partial charge is 0.266 e. The Morgan fingerprint density at radius 2 is 1.79 bits per heavy atom. The van der Waals surface area contributed by atoms with Crippen LogP contribution in [0.25, 0.3) is 11.3 Å². The predicted molar refractivity (Wildman–Crippen MR) is 122 cm³/mol. The van der Waals surface area contributed by atoms with Crippen LogP contribution in [0.3, 0.4) is 0 Å². The Labute approximate surface area is 191 Å². The van der Waals surface area contributed by atoms with Gasteiger partial charge in [-0.25, -0.2) is 4.68 Å². The SMILES string of the molecule is O=C(c1cccc2c1OCCO2)N1CCN(CCn2nc(-c3cccnc3)ccc2=O)CC1. The van der Waals surface area contributed by atoms with E-state index in [9.17, 15) is 9.59 Å². The number of carbonyl (C=O) groups excluding carboxylic acids is 1. The normalized spacial score (nSPS) is 15.9. The zero-order chi connectivity index (χ0) is 22.6. The molecule has 9 nitrogen and oxygen atoms in total. The van der Waals surface area contributed by atoms with Crippen LogP contribution >= 0.6 is 0 Å². The van der Waals surface area contributed by atoms with Crippen molar-refractivity contribution in [1.82, 2.24) is 24.6 Å². The molecule has 1 fully saturated rings. The molecular weight excluding hydrogens is 422 g/mol. The van der Waals surface area contributed by atoms with Crippen LogP contribution in [0.4, 0.5) is 0 Å². The minimum atomic E-state index is -0.132. The highest BCUT2D eigenvalue weighted by Gasteiger charge is 2.27. The number of hydrogen-bond acceptors (Lipinski definition) is 7. The van der Waals surface area contributed by atoms with Crippen molar-refractivity contribution in [3.05, 3.63) is 70.8 Å². The molecule has 0 bridgehead atoms. The monoisotopic (exact) mass is 447 g/mol. The van der Waals surface area contributed by atoms with Crippen LogP contribution in [0.1, 0.15) is 10.4 Å². The summed E-state index contributed by atoms with van der Waals surface area (Å²) in [6.45, 7) is 4.79. The maximum Gasteiger partial charge on any atom is 0.266 e. The Balaban J connectivity index is 1.19. The number of piperazine rings is 1. The van der Waals surface area contributed by atoms with E-state index >= 15 is 0 Å². The molecule has 1 amide bonds. The molecule has 0 spiro atoms. The Bertz CT molecular complexity index is 1190. The van der Waals surface area contributed by atoms with E-state index in [2.05, 4.69) is 15.0 Å². The number of para-hydroxylation sites is 1. The summed E-state index contributed by atoms with van der Waals surface area (Å²) in [7, 11) is 0. The molecule has 2 aliphatic rings. The van der Waals surface area contributed by atoms with Gasteiger partial charge < -0.3 is 14.4 Å². The predicted octanol–water partition coefficient (Wildman–Crippen LogP) is 1.53. The van der Waals surface area contributed by atoms with Crippen LogP contribution in [0, 0.1) is 0 Å². The van der Waals surface area contributed by atoms with Crippen LogP contribution in [0.2, 0.25) is 0 Å². The van der Waals surface area contributed by atoms with Crippen molar-refractivity contribution in [3.63, 3.8) is 0 Å². The largest absolute Gasteiger partial charge is 0.486 e. The summed E-state index contributed by atoms with van der Waals surface area (Å²) in [5.74, 6) is 1.12. The number of hydrogen-bond donors (Lipinski definition) is 0. The lowest BCUT2D eigenvalue weighted by atomic mass is 10.1. The van der Waals surface area contributed by atoms with Crippen LogP contribution in [0.5, 0.6) is 11.5 Å². The fourth-order valence-electron chi connectivity index (χ4n) is 4.10. The van der Waals surface area contributed by atoms with E-state index in [0.717, 1.165) is 24.3 Å². The highest BCUT2D eigenvalue weighted by atomic mass is 16.6. The molecule has 3 aromatic rings. The third-order valence-corrected chi connectivity index (χ3v) is 5.91. The molecule has 2 aliphatic heterocycles. The summed E-state index contributed by atoms with van der Waals surface area (Å²) in [5, 5.41) is 4.50. The Morgan fingerprint density at radius 1 is 0.939 bits per heavy atom.